The summed E-state index contributed by atoms with van der Waals surface area (Å²) in [5, 5.41) is 10.9. The zero-order chi connectivity index (χ0) is 22.9. The molecule has 0 spiro atoms. The number of rotatable bonds is 5. The fraction of sp³-hybridized carbons (Fsp3) is 0.0909. The molecule has 2 aromatic carbocycles. The van der Waals surface area contributed by atoms with E-state index in [0.29, 0.717) is 22.3 Å². The SMILES string of the molecule is Cc1ccnc(NS(=O)(=O)c2ccc(N=Cc3c(O)ccc4c(C)cc(=O)oc34)cc2)n1. The third kappa shape index (κ3) is 4.35. The van der Waals surface area contributed by atoms with Gasteiger partial charge in [0.05, 0.1) is 16.1 Å². The van der Waals surface area contributed by atoms with Crippen molar-refractivity contribution in [1.29, 1.82) is 0 Å². The molecule has 0 saturated heterocycles. The Morgan fingerprint density at radius 3 is 2.56 bits per heavy atom. The topological polar surface area (TPSA) is 135 Å². The van der Waals surface area contributed by atoms with E-state index < -0.39 is 15.6 Å². The van der Waals surface area contributed by atoms with Gasteiger partial charge in [-0.1, -0.05) is 0 Å². The number of nitrogens with one attached hydrogen (secondary N) is 1. The summed E-state index contributed by atoms with van der Waals surface area (Å²) < 4.78 is 32.7. The van der Waals surface area contributed by atoms with E-state index in [1.54, 1.807) is 26.0 Å². The number of nitrogens with zero attached hydrogens (tertiary/aromatic N) is 3. The maximum atomic E-state index is 12.6. The van der Waals surface area contributed by atoms with Crippen LogP contribution in [0.1, 0.15) is 16.8 Å². The van der Waals surface area contributed by atoms with Crippen LogP contribution in [0.4, 0.5) is 11.6 Å². The van der Waals surface area contributed by atoms with Crippen molar-refractivity contribution in [2.45, 2.75) is 18.7 Å². The van der Waals surface area contributed by atoms with Gasteiger partial charge in [-0.2, -0.15) is 0 Å². The van der Waals surface area contributed by atoms with Crippen molar-refractivity contribution in [3.63, 3.8) is 0 Å². The highest BCUT2D eigenvalue weighted by Crippen LogP contribution is 2.27. The van der Waals surface area contributed by atoms with Crippen LogP contribution in [0.15, 0.2) is 73.8 Å². The lowest BCUT2D eigenvalue weighted by Gasteiger charge is -2.07. The first-order chi connectivity index (χ1) is 15.2. The highest BCUT2D eigenvalue weighted by atomic mass is 32.2. The van der Waals surface area contributed by atoms with Gasteiger partial charge in [0.1, 0.15) is 5.75 Å². The van der Waals surface area contributed by atoms with Crippen LogP contribution >= 0.6 is 0 Å². The van der Waals surface area contributed by atoms with E-state index in [2.05, 4.69) is 19.7 Å². The Morgan fingerprint density at radius 2 is 1.84 bits per heavy atom. The van der Waals surface area contributed by atoms with Gasteiger partial charge in [-0.25, -0.2) is 27.9 Å². The lowest BCUT2D eigenvalue weighted by molar-refractivity contribution is 0.472. The molecule has 2 aromatic heterocycles. The average molecular weight is 450 g/mol. The number of aryl methyl sites for hydroxylation is 2. The summed E-state index contributed by atoms with van der Waals surface area (Å²) >= 11 is 0. The number of phenolic OH excluding ortho intramolecular Hbond substituents is 1. The van der Waals surface area contributed by atoms with E-state index in [1.807, 2.05) is 0 Å². The number of aliphatic imine (C=N–C) groups is 1. The van der Waals surface area contributed by atoms with E-state index in [1.165, 1.54) is 48.8 Å². The van der Waals surface area contributed by atoms with Gasteiger partial charge in [-0.05, 0) is 61.9 Å². The van der Waals surface area contributed by atoms with E-state index in [0.717, 1.165) is 0 Å². The quantitative estimate of drug-likeness (QED) is 0.351. The van der Waals surface area contributed by atoms with Gasteiger partial charge in [0.25, 0.3) is 10.0 Å². The van der Waals surface area contributed by atoms with Crippen molar-refractivity contribution in [3.05, 3.63) is 82.0 Å². The van der Waals surface area contributed by atoms with Crippen LogP contribution in [-0.2, 0) is 10.0 Å². The normalized spacial score (nSPS) is 11.8. The first-order valence-electron chi connectivity index (χ1n) is 9.46. The van der Waals surface area contributed by atoms with Gasteiger partial charge < -0.3 is 9.52 Å². The van der Waals surface area contributed by atoms with Crippen LogP contribution < -0.4 is 10.3 Å². The zero-order valence-electron chi connectivity index (χ0n) is 17.1. The first-order valence-corrected chi connectivity index (χ1v) is 10.9. The molecule has 0 aliphatic heterocycles. The number of aromatic hydroxyl groups is 1. The minimum Gasteiger partial charge on any atom is -0.507 e. The fourth-order valence-electron chi connectivity index (χ4n) is 3.05. The summed E-state index contributed by atoms with van der Waals surface area (Å²) in [7, 11) is -3.88. The van der Waals surface area contributed by atoms with Crippen LogP contribution in [0.2, 0.25) is 0 Å². The molecule has 0 radical (unpaired) electrons. The minimum atomic E-state index is -3.88. The molecule has 0 unspecified atom stereocenters. The number of anilines is 1. The molecule has 0 amide bonds. The number of sulfonamides is 1. The molecule has 0 atom stereocenters. The molecule has 0 aliphatic carbocycles. The molecular weight excluding hydrogens is 432 g/mol. The molecule has 0 fully saturated rings. The Labute approximate surface area is 183 Å². The minimum absolute atomic E-state index is 0.0104. The summed E-state index contributed by atoms with van der Waals surface area (Å²) in [5.41, 5.74) is 1.71. The van der Waals surface area contributed by atoms with Crippen molar-refractivity contribution < 1.29 is 17.9 Å². The molecule has 0 aliphatic rings. The van der Waals surface area contributed by atoms with Crippen molar-refractivity contribution in [1.82, 2.24) is 9.97 Å². The average Bonchev–Trinajstić information content (AvgIpc) is 2.73. The monoisotopic (exact) mass is 450 g/mol. The summed E-state index contributed by atoms with van der Waals surface area (Å²) in [4.78, 5) is 24.0. The van der Waals surface area contributed by atoms with Gasteiger partial charge in [-0.3, -0.25) is 4.99 Å². The second kappa shape index (κ2) is 8.23. The molecular formula is C22H18N4O5S. The summed E-state index contributed by atoms with van der Waals surface area (Å²) in [6.07, 6.45) is 2.83. The lowest BCUT2D eigenvalue weighted by Crippen LogP contribution is -2.15. The molecule has 32 heavy (non-hydrogen) atoms. The van der Waals surface area contributed by atoms with Crippen LogP contribution in [0.3, 0.4) is 0 Å². The second-order valence-electron chi connectivity index (χ2n) is 7.00. The Bertz CT molecular complexity index is 1510. The Balaban J connectivity index is 1.62. The predicted molar refractivity (Wildman–Crippen MR) is 120 cm³/mol. The van der Waals surface area contributed by atoms with Crippen molar-refractivity contribution in [2.75, 3.05) is 4.72 Å². The van der Waals surface area contributed by atoms with Crippen molar-refractivity contribution in [3.8, 4) is 5.75 Å². The van der Waals surface area contributed by atoms with E-state index >= 15 is 0 Å². The van der Waals surface area contributed by atoms with E-state index in [-0.39, 0.29) is 27.7 Å². The number of hydrogen-bond acceptors (Lipinski definition) is 8. The van der Waals surface area contributed by atoms with E-state index in [9.17, 15) is 18.3 Å². The van der Waals surface area contributed by atoms with Crippen LogP contribution in [-0.4, -0.2) is 29.7 Å². The second-order valence-corrected chi connectivity index (χ2v) is 8.69. The first kappa shape index (κ1) is 21.2. The molecule has 4 aromatic rings. The van der Waals surface area contributed by atoms with E-state index in [4.69, 9.17) is 4.42 Å². The van der Waals surface area contributed by atoms with Crippen molar-refractivity contribution >= 4 is 38.8 Å². The number of fused-ring (bicyclic) bond motifs is 1. The van der Waals surface area contributed by atoms with Gasteiger partial charge in [0.2, 0.25) is 5.95 Å². The van der Waals surface area contributed by atoms with Crippen molar-refractivity contribution in [2.24, 2.45) is 4.99 Å². The summed E-state index contributed by atoms with van der Waals surface area (Å²) in [6, 6.07) is 12.0. The van der Waals surface area contributed by atoms with Gasteiger partial charge in [0.15, 0.2) is 5.58 Å². The molecule has 0 saturated carbocycles. The van der Waals surface area contributed by atoms with Crippen LogP contribution in [0.5, 0.6) is 5.75 Å². The number of phenols is 1. The highest BCUT2D eigenvalue weighted by molar-refractivity contribution is 7.92. The predicted octanol–water partition coefficient (Wildman–Crippen LogP) is 3.46. The highest BCUT2D eigenvalue weighted by Gasteiger charge is 2.16. The lowest BCUT2D eigenvalue weighted by atomic mass is 10.1. The summed E-state index contributed by atoms with van der Waals surface area (Å²) in [5.74, 6) is -0.119. The zero-order valence-corrected chi connectivity index (χ0v) is 17.9. The van der Waals surface area contributed by atoms with Crippen LogP contribution in [0, 0.1) is 13.8 Å². The van der Waals surface area contributed by atoms with Crippen LogP contribution in [0.25, 0.3) is 11.0 Å². The maximum Gasteiger partial charge on any atom is 0.336 e. The molecule has 4 rings (SSSR count). The maximum absolute atomic E-state index is 12.6. The Hall–Kier alpha value is -4.05. The summed E-state index contributed by atoms with van der Waals surface area (Å²) in [6.45, 7) is 3.50. The van der Waals surface area contributed by atoms with Gasteiger partial charge in [0, 0.05) is 29.6 Å². The number of benzene rings is 2. The number of aromatic nitrogens is 2. The van der Waals surface area contributed by atoms with Gasteiger partial charge >= 0.3 is 5.63 Å². The molecule has 2 N–H and O–H groups in total. The van der Waals surface area contributed by atoms with Gasteiger partial charge in [-0.15, -0.1) is 0 Å². The molecule has 10 heteroatoms. The largest absolute Gasteiger partial charge is 0.507 e. The third-order valence-corrected chi connectivity index (χ3v) is 5.99. The molecule has 0 bridgehead atoms. The third-order valence-electron chi connectivity index (χ3n) is 4.65. The Morgan fingerprint density at radius 1 is 1.09 bits per heavy atom. The standard InChI is InChI=1S/C22H18N4O5S/c1-13-11-20(28)31-21-17(13)7-8-19(27)18(21)12-24-15-3-5-16(6-4-15)32(29,30)26-22-23-10-9-14(2)25-22/h3-12,27H,1-2H3,(H,23,25,26). The molecule has 162 valence electrons. The molecule has 9 nitrogen and oxygen atoms in total. The Kier molecular flexibility index (Phi) is 5.45. The fourth-order valence-corrected chi connectivity index (χ4v) is 4.00. The smallest absolute Gasteiger partial charge is 0.336 e. The molecule has 2 heterocycles. The number of hydrogen-bond donors (Lipinski definition) is 2.